The lowest BCUT2D eigenvalue weighted by molar-refractivity contribution is -0.122. The fraction of sp³-hybridized carbons (Fsp3) is 0.458. The van der Waals surface area contributed by atoms with Gasteiger partial charge in [-0.3, -0.25) is 9.69 Å². The molecule has 172 valence electrons. The van der Waals surface area contributed by atoms with Crippen molar-refractivity contribution in [3.8, 4) is 17.2 Å². The standard InChI is InChI=1S/C24H29FN2O5/c1-29-24(16-30-20-8-3-2-7-19(20)25)10-5-12-27(13-11-24)15-22(28)26-14-18-6-4-9-21-23(18)32-17-31-21/h2-4,6-9H,5,10-17H2,1H3,(H,26,28)/t24-/m1/s1. The van der Waals surface area contributed by atoms with E-state index in [4.69, 9.17) is 18.9 Å². The van der Waals surface area contributed by atoms with Gasteiger partial charge in [0, 0.05) is 25.8 Å². The van der Waals surface area contributed by atoms with Crippen LogP contribution in [0.4, 0.5) is 4.39 Å². The molecule has 2 aromatic carbocycles. The lowest BCUT2D eigenvalue weighted by Crippen LogP contribution is -2.41. The summed E-state index contributed by atoms with van der Waals surface area (Å²) >= 11 is 0. The SMILES string of the molecule is CO[C@]1(COc2ccccc2F)CCCN(CC(=O)NCc2cccc3c2OCO3)CC1. The second kappa shape index (κ2) is 10.2. The van der Waals surface area contributed by atoms with Crippen LogP contribution in [0.25, 0.3) is 0 Å². The Morgan fingerprint density at radius 2 is 2.03 bits per heavy atom. The average molecular weight is 445 g/mol. The summed E-state index contributed by atoms with van der Waals surface area (Å²) < 4.78 is 36.3. The highest BCUT2D eigenvalue weighted by Crippen LogP contribution is 2.35. The average Bonchev–Trinajstić information content (AvgIpc) is 3.20. The van der Waals surface area contributed by atoms with Gasteiger partial charge in [-0.25, -0.2) is 4.39 Å². The van der Waals surface area contributed by atoms with Gasteiger partial charge < -0.3 is 24.3 Å². The maximum Gasteiger partial charge on any atom is 0.234 e. The number of nitrogens with zero attached hydrogens (tertiary/aromatic N) is 1. The number of nitrogens with one attached hydrogen (secondary N) is 1. The molecule has 2 heterocycles. The first-order valence-electron chi connectivity index (χ1n) is 10.9. The predicted molar refractivity (Wildman–Crippen MR) is 116 cm³/mol. The van der Waals surface area contributed by atoms with E-state index in [1.165, 1.54) is 6.07 Å². The van der Waals surface area contributed by atoms with Crippen LogP contribution in [0.5, 0.6) is 17.2 Å². The molecular weight excluding hydrogens is 415 g/mol. The third-order valence-corrected chi connectivity index (χ3v) is 6.07. The molecule has 1 saturated heterocycles. The van der Waals surface area contributed by atoms with E-state index in [1.807, 2.05) is 18.2 Å². The largest absolute Gasteiger partial charge is 0.488 e. The van der Waals surface area contributed by atoms with Gasteiger partial charge in [-0.1, -0.05) is 24.3 Å². The molecule has 8 heteroatoms. The van der Waals surface area contributed by atoms with Crippen molar-refractivity contribution in [3.63, 3.8) is 0 Å². The predicted octanol–water partition coefficient (Wildman–Crippen LogP) is 3.12. The van der Waals surface area contributed by atoms with E-state index in [1.54, 1.807) is 25.3 Å². The summed E-state index contributed by atoms with van der Waals surface area (Å²) in [5, 5.41) is 2.97. The van der Waals surface area contributed by atoms with Crippen LogP contribution >= 0.6 is 0 Å². The topological polar surface area (TPSA) is 69.3 Å². The zero-order valence-electron chi connectivity index (χ0n) is 18.3. The van der Waals surface area contributed by atoms with E-state index in [9.17, 15) is 9.18 Å². The molecule has 0 aliphatic carbocycles. The van der Waals surface area contributed by atoms with Crippen LogP contribution in [0.15, 0.2) is 42.5 Å². The molecule has 1 fully saturated rings. The highest BCUT2D eigenvalue weighted by molar-refractivity contribution is 5.78. The van der Waals surface area contributed by atoms with Crippen LogP contribution in [-0.2, 0) is 16.1 Å². The zero-order chi connectivity index (χ0) is 22.4. The number of fused-ring (bicyclic) bond motifs is 1. The quantitative estimate of drug-likeness (QED) is 0.675. The van der Waals surface area contributed by atoms with Gasteiger partial charge in [0.2, 0.25) is 12.7 Å². The monoisotopic (exact) mass is 444 g/mol. The number of carbonyl (C=O) groups excluding carboxylic acids is 1. The third kappa shape index (κ3) is 5.31. The van der Waals surface area contributed by atoms with Gasteiger partial charge >= 0.3 is 0 Å². The number of ether oxygens (including phenoxy) is 4. The Morgan fingerprint density at radius 1 is 1.16 bits per heavy atom. The number of hydrogen-bond donors (Lipinski definition) is 1. The number of rotatable bonds is 8. The Bertz CT molecular complexity index is 940. The van der Waals surface area contributed by atoms with E-state index in [2.05, 4.69) is 10.2 Å². The smallest absolute Gasteiger partial charge is 0.234 e. The number of likely N-dealkylation sites (tertiary alicyclic amines) is 1. The van der Waals surface area contributed by atoms with Gasteiger partial charge in [0.25, 0.3) is 0 Å². The number of halogens is 1. The van der Waals surface area contributed by atoms with Crippen LogP contribution in [0, 0.1) is 5.82 Å². The number of para-hydroxylation sites is 2. The first-order chi connectivity index (χ1) is 15.6. The van der Waals surface area contributed by atoms with Gasteiger partial charge in [0.05, 0.1) is 6.54 Å². The summed E-state index contributed by atoms with van der Waals surface area (Å²) in [6.45, 7) is 2.65. The number of carbonyl (C=O) groups is 1. The van der Waals surface area contributed by atoms with Crippen molar-refractivity contribution < 1.29 is 28.1 Å². The summed E-state index contributed by atoms with van der Waals surface area (Å²) in [7, 11) is 1.66. The molecule has 2 aromatic rings. The minimum atomic E-state index is -0.505. The summed E-state index contributed by atoms with van der Waals surface area (Å²) in [4.78, 5) is 14.7. The first-order valence-corrected chi connectivity index (χ1v) is 10.9. The second-order valence-electron chi connectivity index (χ2n) is 8.16. The molecule has 0 radical (unpaired) electrons. The lowest BCUT2D eigenvalue weighted by atomic mass is 9.95. The molecule has 1 atom stereocenters. The Morgan fingerprint density at radius 3 is 2.88 bits per heavy atom. The van der Waals surface area contributed by atoms with E-state index in [0.717, 1.165) is 24.9 Å². The van der Waals surface area contributed by atoms with Crippen LogP contribution in [0.1, 0.15) is 24.8 Å². The highest BCUT2D eigenvalue weighted by Gasteiger charge is 2.34. The van der Waals surface area contributed by atoms with E-state index in [0.29, 0.717) is 37.6 Å². The van der Waals surface area contributed by atoms with E-state index >= 15 is 0 Å². The third-order valence-electron chi connectivity index (χ3n) is 6.07. The van der Waals surface area contributed by atoms with Crippen LogP contribution in [0.2, 0.25) is 0 Å². The fourth-order valence-corrected chi connectivity index (χ4v) is 4.14. The molecule has 32 heavy (non-hydrogen) atoms. The molecule has 2 aliphatic heterocycles. The summed E-state index contributed by atoms with van der Waals surface area (Å²) in [6, 6.07) is 12.0. The highest BCUT2D eigenvalue weighted by atomic mass is 19.1. The minimum Gasteiger partial charge on any atom is -0.488 e. The van der Waals surface area contributed by atoms with E-state index in [-0.39, 0.29) is 30.9 Å². The molecule has 0 unspecified atom stereocenters. The molecule has 0 spiro atoms. The molecule has 7 nitrogen and oxygen atoms in total. The summed E-state index contributed by atoms with van der Waals surface area (Å²) in [6.07, 6.45) is 2.34. The number of hydrogen-bond acceptors (Lipinski definition) is 6. The molecule has 1 N–H and O–H groups in total. The van der Waals surface area contributed by atoms with Crippen molar-refractivity contribution in [2.24, 2.45) is 0 Å². The van der Waals surface area contributed by atoms with Crippen molar-refractivity contribution >= 4 is 5.91 Å². The fourth-order valence-electron chi connectivity index (χ4n) is 4.14. The Labute approximate surface area is 187 Å². The maximum atomic E-state index is 13.9. The van der Waals surface area contributed by atoms with Gasteiger partial charge in [0.1, 0.15) is 12.2 Å². The van der Waals surface area contributed by atoms with Crippen LogP contribution < -0.4 is 19.5 Å². The minimum absolute atomic E-state index is 0.0472. The van der Waals surface area contributed by atoms with Gasteiger partial charge in [-0.15, -0.1) is 0 Å². The normalized spacial score (nSPS) is 20.6. The molecule has 4 rings (SSSR count). The first kappa shape index (κ1) is 22.4. The molecular formula is C24H29FN2O5. The van der Waals surface area contributed by atoms with Crippen molar-refractivity contribution in [1.82, 2.24) is 10.2 Å². The van der Waals surface area contributed by atoms with Gasteiger partial charge in [-0.2, -0.15) is 0 Å². The Hall–Kier alpha value is -2.84. The number of amides is 1. The molecule has 0 saturated carbocycles. The molecule has 0 bridgehead atoms. The Kier molecular flexibility index (Phi) is 7.12. The molecule has 0 aromatic heterocycles. The number of methoxy groups -OCH3 is 1. The lowest BCUT2D eigenvalue weighted by Gasteiger charge is -2.31. The van der Waals surface area contributed by atoms with Crippen molar-refractivity contribution in [2.75, 3.05) is 40.1 Å². The van der Waals surface area contributed by atoms with Crippen molar-refractivity contribution in [2.45, 2.75) is 31.4 Å². The molecule has 2 aliphatic rings. The summed E-state index contributed by atoms with van der Waals surface area (Å²) in [5.74, 6) is 1.20. The van der Waals surface area contributed by atoms with E-state index < -0.39 is 5.60 Å². The van der Waals surface area contributed by atoms with Crippen LogP contribution in [0.3, 0.4) is 0 Å². The van der Waals surface area contributed by atoms with Crippen molar-refractivity contribution in [3.05, 3.63) is 53.8 Å². The van der Waals surface area contributed by atoms with Gasteiger partial charge in [-0.05, 0) is 44.0 Å². The Balaban J connectivity index is 1.27. The maximum absolute atomic E-state index is 13.9. The second-order valence-corrected chi connectivity index (χ2v) is 8.16. The number of benzene rings is 2. The van der Waals surface area contributed by atoms with Crippen LogP contribution in [-0.4, -0.2) is 56.6 Å². The van der Waals surface area contributed by atoms with Crippen molar-refractivity contribution in [1.29, 1.82) is 0 Å². The summed E-state index contributed by atoms with van der Waals surface area (Å²) in [5.41, 5.74) is 0.392. The van der Waals surface area contributed by atoms with Gasteiger partial charge in [0.15, 0.2) is 23.1 Å². The molecule has 1 amide bonds. The zero-order valence-corrected chi connectivity index (χ0v) is 18.3.